The van der Waals surface area contributed by atoms with Gasteiger partial charge in [-0.05, 0) is 42.3 Å². The van der Waals surface area contributed by atoms with E-state index >= 15 is 0 Å². The normalized spacial score (nSPS) is 17.4. The quantitative estimate of drug-likeness (QED) is 0.712. The van der Waals surface area contributed by atoms with Crippen molar-refractivity contribution < 1.29 is 13.2 Å². The number of pyridine rings is 1. The van der Waals surface area contributed by atoms with Crippen LogP contribution < -0.4 is 5.32 Å². The molecule has 1 atom stereocenters. The molecule has 2 aromatic carbocycles. The van der Waals surface area contributed by atoms with Gasteiger partial charge in [-0.3, -0.25) is 9.88 Å². The van der Waals surface area contributed by atoms with Gasteiger partial charge in [-0.1, -0.05) is 36.4 Å². The molecule has 0 saturated carbocycles. The molecule has 0 bridgehead atoms. The van der Waals surface area contributed by atoms with Gasteiger partial charge in [0.1, 0.15) is 0 Å². The van der Waals surface area contributed by atoms with E-state index in [1.54, 1.807) is 18.3 Å². The molecule has 3 aromatic rings. The predicted octanol–water partition coefficient (Wildman–Crippen LogP) is 4.64. The molecule has 1 aromatic heterocycles. The van der Waals surface area contributed by atoms with E-state index in [-0.39, 0.29) is 0 Å². The summed E-state index contributed by atoms with van der Waals surface area (Å²) in [6.07, 6.45) is -1.81. The fraction of sp³-hybridized carbons (Fsp3) is 0.318. The van der Waals surface area contributed by atoms with Gasteiger partial charge < -0.3 is 5.32 Å². The maximum atomic E-state index is 13.8. The van der Waals surface area contributed by atoms with Crippen LogP contribution in [0.1, 0.15) is 29.2 Å². The van der Waals surface area contributed by atoms with Crippen LogP contribution in [-0.4, -0.2) is 36.1 Å². The third-order valence-electron chi connectivity index (χ3n) is 5.28. The van der Waals surface area contributed by atoms with E-state index in [1.165, 1.54) is 12.1 Å². The molecular formula is C22H22F3N3. The Morgan fingerprint density at radius 1 is 0.893 bits per heavy atom. The molecule has 1 saturated heterocycles. The van der Waals surface area contributed by atoms with Crippen LogP contribution in [0.5, 0.6) is 0 Å². The van der Waals surface area contributed by atoms with E-state index in [4.69, 9.17) is 0 Å². The molecule has 2 heterocycles. The largest absolute Gasteiger partial charge is 0.416 e. The summed E-state index contributed by atoms with van der Waals surface area (Å²) in [4.78, 5) is 6.56. The third-order valence-corrected chi connectivity index (χ3v) is 5.28. The van der Waals surface area contributed by atoms with Crippen molar-refractivity contribution in [2.45, 2.75) is 18.6 Å². The second-order valence-electron chi connectivity index (χ2n) is 7.04. The predicted molar refractivity (Wildman–Crippen MR) is 104 cm³/mol. The number of aromatic nitrogens is 1. The number of fused-ring (bicyclic) bond motifs is 1. The van der Waals surface area contributed by atoms with Crippen LogP contribution in [0.15, 0.2) is 60.8 Å². The van der Waals surface area contributed by atoms with E-state index in [0.29, 0.717) is 12.1 Å². The highest BCUT2D eigenvalue weighted by Gasteiger charge is 2.37. The Labute approximate surface area is 162 Å². The van der Waals surface area contributed by atoms with Gasteiger partial charge in [-0.2, -0.15) is 13.2 Å². The number of nitrogens with one attached hydrogen (secondary N) is 1. The number of rotatable bonds is 3. The van der Waals surface area contributed by atoms with Gasteiger partial charge in [0, 0.05) is 31.2 Å². The molecule has 6 heteroatoms. The highest BCUT2D eigenvalue weighted by atomic mass is 19.4. The Kier molecular flexibility index (Phi) is 5.33. The first-order valence-corrected chi connectivity index (χ1v) is 9.50. The van der Waals surface area contributed by atoms with Gasteiger partial charge in [0.2, 0.25) is 0 Å². The van der Waals surface area contributed by atoms with Crippen molar-refractivity contribution in [3.8, 4) is 0 Å². The van der Waals surface area contributed by atoms with Crippen molar-refractivity contribution >= 4 is 10.9 Å². The molecule has 0 spiro atoms. The molecule has 146 valence electrons. The lowest BCUT2D eigenvalue weighted by molar-refractivity contribution is -0.138. The Bertz CT molecular complexity index is 942. The minimum absolute atomic E-state index is 0.299. The van der Waals surface area contributed by atoms with Crippen molar-refractivity contribution in [3.63, 3.8) is 0 Å². The van der Waals surface area contributed by atoms with Gasteiger partial charge in [-0.15, -0.1) is 0 Å². The Morgan fingerprint density at radius 3 is 2.54 bits per heavy atom. The van der Waals surface area contributed by atoms with Gasteiger partial charge in [0.25, 0.3) is 0 Å². The third kappa shape index (κ3) is 3.75. The van der Waals surface area contributed by atoms with Crippen LogP contribution in [0.4, 0.5) is 13.2 Å². The van der Waals surface area contributed by atoms with E-state index in [2.05, 4.69) is 15.2 Å². The van der Waals surface area contributed by atoms with E-state index in [1.807, 2.05) is 30.3 Å². The van der Waals surface area contributed by atoms with E-state index in [0.717, 1.165) is 42.5 Å². The fourth-order valence-corrected chi connectivity index (χ4v) is 4.04. The SMILES string of the molecule is FC(F)(F)c1ccccc1C(c1ccnc2ccccc12)N1CCCNCC1. The van der Waals surface area contributed by atoms with Crippen LogP contribution >= 0.6 is 0 Å². The molecule has 28 heavy (non-hydrogen) atoms. The van der Waals surface area contributed by atoms with Crippen molar-refractivity contribution in [2.75, 3.05) is 26.2 Å². The summed E-state index contributed by atoms with van der Waals surface area (Å²) in [5.74, 6) is 0. The lowest BCUT2D eigenvalue weighted by Gasteiger charge is -2.33. The molecule has 0 aliphatic carbocycles. The van der Waals surface area contributed by atoms with Gasteiger partial charge in [-0.25, -0.2) is 0 Å². The molecule has 0 radical (unpaired) electrons. The Hall–Kier alpha value is -2.44. The second kappa shape index (κ2) is 7.89. The number of halogens is 3. The standard InChI is InChI=1S/C22H22F3N3/c23-22(24,25)19-8-3-1-7-18(19)21(28-14-5-11-26-13-15-28)17-10-12-27-20-9-4-2-6-16(17)20/h1-4,6-10,12,21,26H,5,11,13-15H2. The molecule has 1 fully saturated rings. The average Bonchev–Trinajstić information content (AvgIpc) is 2.97. The monoisotopic (exact) mass is 385 g/mol. The van der Waals surface area contributed by atoms with Gasteiger partial charge >= 0.3 is 6.18 Å². The second-order valence-corrected chi connectivity index (χ2v) is 7.04. The summed E-state index contributed by atoms with van der Waals surface area (Å²) in [5.41, 5.74) is 1.39. The molecule has 1 N–H and O–H groups in total. The molecule has 0 amide bonds. The first-order chi connectivity index (χ1) is 13.6. The number of alkyl halides is 3. The highest BCUT2D eigenvalue weighted by molar-refractivity contribution is 5.83. The molecular weight excluding hydrogens is 363 g/mol. The molecule has 1 unspecified atom stereocenters. The maximum absolute atomic E-state index is 13.8. The lowest BCUT2D eigenvalue weighted by Crippen LogP contribution is -2.34. The zero-order valence-electron chi connectivity index (χ0n) is 15.4. The summed E-state index contributed by atoms with van der Waals surface area (Å²) < 4.78 is 41.5. The number of hydrogen-bond donors (Lipinski definition) is 1. The van der Waals surface area contributed by atoms with Crippen molar-refractivity contribution in [3.05, 3.63) is 77.5 Å². The maximum Gasteiger partial charge on any atom is 0.416 e. The zero-order valence-corrected chi connectivity index (χ0v) is 15.4. The zero-order chi connectivity index (χ0) is 19.6. The number of para-hydroxylation sites is 1. The molecule has 3 nitrogen and oxygen atoms in total. The first kappa shape index (κ1) is 18.9. The van der Waals surface area contributed by atoms with Gasteiger partial charge in [0.15, 0.2) is 0 Å². The van der Waals surface area contributed by atoms with Crippen LogP contribution in [0.3, 0.4) is 0 Å². The van der Waals surface area contributed by atoms with E-state index in [9.17, 15) is 13.2 Å². The van der Waals surface area contributed by atoms with Crippen molar-refractivity contribution in [1.82, 2.24) is 15.2 Å². The van der Waals surface area contributed by atoms with Gasteiger partial charge in [0.05, 0.1) is 17.1 Å². The fourth-order valence-electron chi connectivity index (χ4n) is 4.04. The van der Waals surface area contributed by atoms with Crippen LogP contribution in [0.25, 0.3) is 10.9 Å². The lowest BCUT2D eigenvalue weighted by atomic mass is 9.90. The molecule has 4 rings (SSSR count). The molecule has 1 aliphatic rings. The number of nitrogens with zero attached hydrogens (tertiary/aromatic N) is 2. The summed E-state index contributed by atoms with van der Waals surface area (Å²) in [6, 6.07) is 15.0. The van der Waals surface area contributed by atoms with Crippen molar-refractivity contribution in [2.24, 2.45) is 0 Å². The summed E-state index contributed by atoms with van der Waals surface area (Å²) in [7, 11) is 0. The minimum atomic E-state index is -4.40. The average molecular weight is 385 g/mol. The summed E-state index contributed by atoms with van der Waals surface area (Å²) >= 11 is 0. The topological polar surface area (TPSA) is 28.2 Å². The smallest absolute Gasteiger partial charge is 0.315 e. The number of hydrogen-bond acceptors (Lipinski definition) is 3. The van der Waals surface area contributed by atoms with Crippen LogP contribution in [0.2, 0.25) is 0 Å². The summed E-state index contributed by atoms with van der Waals surface area (Å²) in [6.45, 7) is 3.06. The van der Waals surface area contributed by atoms with E-state index < -0.39 is 17.8 Å². The van der Waals surface area contributed by atoms with Crippen molar-refractivity contribution in [1.29, 1.82) is 0 Å². The minimum Gasteiger partial charge on any atom is -0.315 e. The van der Waals surface area contributed by atoms with Crippen LogP contribution in [0, 0.1) is 0 Å². The number of benzene rings is 2. The first-order valence-electron chi connectivity index (χ1n) is 9.50. The molecule has 1 aliphatic heterocycles. The Balaban J connectivity index is 1.93. The summed E-state index contributed by atoms with van der Waals surface area (Å²) in [5, 5.41) is 4.23. The van der Waals surface area contributed by atoms with Crippen LogP contribution in [-0.2, 0) is 6.18 Å². The highest BCUT2D eigenvalue weighted by Crippen LogP contribution is 2.40. The Morgan fingerprint density at radius 2 is 1.68 bits per heavy atom.